The minimum atomic E-state index is -3.42. The van der Waals surface area contributed by atoms with E-state index in [1.54, 1.807) is 24.3 Å². The molecule has 154 valence electrons. The van der Waals surface area contributed by atoms with Crippen molar-refractivity contribution in [2.75, 3.05) is 18.4 Å². The van der Waals surface area contributed by atoms with Gasteiger partial charge in [0.1, 0.15) is 0 Å². The van der Waals surface area contributed by atoms with Gasteiger partial charge in [-0.25, -0.2) is 12.7 Å². The molecule has 3 rings (SSSR count). The Labute approximate surface area is 171 Å². The minimum absolute atomic E-state index is 0.0251. The van der Waals surface area contributed by atoms with Crippen molar-refractivity contribution in [3.05, 3.63) is 65.2 Å². The number of hydrogen-bond acceptors (Lipinski definition) is 4. The number of nitrogens with zero attached hydrogens (tertiary/aromatic N) is 1. The molecule has 0 radical (unpaired) electrons. The zero-order chi connectivity index (χ0) is 21.0. The SMILES string of the molecule is Cc1ccccc1CS(=O)(=O)N1CCC(C(=O)Nc2ccc(C(N)=O)cc2)CC1. The van der Waals surface area contributed by atoms with E-state index in [-0.39, 0.29) is 17.6 Å². The summed E-state index contributed by atoms with van der Waals surface area (Å²) < 4.78 is 27.0. The van der Waals surface area contributed by atoms with Gasteiger partial charge in [-0.2, -0.15) is 0 Å². The summed E-state index contributed by atoms with van der Waals surface area (Å²) in [6.45, 7) is 2.55. The van der Waals surface area contributed by atoms with Crippen LogP contribution in [0.3, 0.4) is 0 Å². The quantitative estimate of drug-likeness (QED) is 0.754. The Hall–Kier alpha value is -2.71. The summed E-state index contributed by atoms with van der Waals surface area (Å²) in [5.74, 6) is -0.950. The van der Waals surface area contributed by atoms with Crippen molar-refractivity contribution in [2.24, 2.45) is 11.7 Å². The van der Waals surface area contributed by atoms with E-state index < -0.39 is 15.9 Å². The molecule has 1 aliphatic heterocycles. The average molecular weight is 416 g/mol. The van der Waals surface area contributed by atoms with Crippen LogP contribution < -0.4 is 11.1 Å². The molecule has 0 atom stereocenters. The van der Waals surface area contributed by atoms with Crippen molar-refractivity contribution in [3.8, 4) is 0 Å². The number of carbonyl (C=O) groups is 2. The van der Waals surface area contributed by atoms with Gasteiger partial charge in [0, 0.05) is 30.3 Å². The molecular formula is C21H25N3O4S. The third-order valence-corrected chi connectivity index (χ3v) is 7.08. The highest BCUT2D eigenvalue weighted by Gasteiger charge is 2.31. The van der Waals surface area contributed by atoms with Gasteiger partial charge in [-0.1, -0.05) is 24.3 Å². The minimum Gasteiger partial charge on any atom is -0.366 e. The van der Waals surface area contributed by atoms with E-state index >= 15 is 0 Å². The molecule has 1 fully saturated rings. The van der Waals surface area contributed by atoms with Crippen LogP contribution in [0.25, 0.3) is 0 Å². The van der Waals surface area contributed by atoms with Crippen LogP contribution >= 0.6 is 0 Å². The molecule has 0 aromatic heterocycles. The first-order valence-corrected chi connectivity index (χ1v) is 11.1. The van der Waals surface area contributed by atoms with Crippen LogP contribution in [0, 0.1) is 12.8 Å². The van der Waals surface area contributed by atoms with Crippen LogP contribution in [0.1, 0.15) is 34.3 Å². The number of aryl methyl sites for hydroxylation is 1. The summed E-state index contributed by atoms with van der Waals surface area (Å²) in [5, 5.41) is 2.82. The molecule has 29 heavy (non-hydrogen) atoms. The average Bonchev–Trinajstić information content (AvgIpc) is 2.70. The Bertz CT molecular complexity index is 995. The lowest BCUT2D eigenvalue weighted by Gasteiger charge is -2.30. The van der Waals surface area contributed by atoms with Crippen molar-refractivity contribution in [2.45, 2.75) is 25.5 Å². The third kappa shape index (κ3) is 5.21. The number of piperidine rings is 1. The molecule has 0 bridgehead atoms. The molecule has 0 unspecified atom stereocenters. The van der Waals surface area contributed by atoms with E-state index in [0.29, 0.717) is 37.2 Å². The van der Waals surface area contributed by atoms with Crippen LogP contribution in [0.4, 0.5) is 5.69 Å². The largest absolute Gasteiger partial charge is 0.366 e. The number of nitrogens with two attached hydrogens (primary N) is 1. The van der Waals surface area contributed by atoms with Crippen LogP contribution in [0.2, 0.25) is 0 Å². The second-order valence-electron chi connectivity index (χ2n) is 7.29. The molecule has 1 saturated heterocycles. The molecule has 1 aliphatic rings. The molecule has 0 spiro atoms. The van der Waals surface area contributed by atoms with Gasteiger partial charge in [0.25, 0.3) is 0 Å². The number of carbonyl (C=O) groups excluding carboxylic acids is 2. The lowest BCUT2D eigenvalue weighted by molar-refractivity contribution is -0.120. The first kappa shape index (κ1) is 21.0. The molecule has 2 amide bonds. The summed E-state index contributed by atoms with van der Waals surface area (Å²) in [5.41, 5.74) is 7.91. The number of rotatable bonds is 6. The predicted octanol–water partition coefficient (Wildman–Crippen LogP) is 2.27. The molecule has 2 aromatic carbocycles. The number of amides is 2. The van der Waals surface area contributed by atoms with E-state index in [1.807, 2.05) is 31.2 Å². The van der Waals surface area contributed by atoms with Gasteiger partial charge in [0.05, 0.1) is 5.75 Å². The number of hydrogen-bond donors (Lipinski definition) is 2. The van der Waals surface area contributed by atoms with E-state index in [2.05, 4.69) is 5.32 Å². The zero-order valence-electron chi connectivity index (χ0n) is 16.3. The van der Waals surface area contributed by atoms with Gasteiger partial charge in [-0.15, -0.1) is 0 Å². The standard InChI is InChI=1S/C21H25N3O4S/c1-15-4-2-3-5-18(15)14-29(27,28)24-12-10-17(11-13-24)21(26)23-19-8-6-16(7-9-19)20(22)25/h2-9,17H,10-14H2,1H3,(H2,22,25)(H,23,26). The maximum absolute atomic E-state index is 12.7. The predicted molar refractivity (Wildman–Crippen MR) is 112 cm³/mol. The van der Waals surface area contributed by atoms with Gasteiger partial charge in [0.2, 0.25) is 21.8 Å². The number of sulfonamides is 1. The van der Waals surface area contributed by atoms with Gasteiger partial charge < -0.3 is 11.1 Å². The second kappa shape index (κ2) is 8.75. The lowest BCUT2D eigenvalue weighted by atomic mass is 9.97. The molecule has 2 aromatic rings. The molecular weight excluding hydrogens is 390 g/mol. The first-order chi connectivity index (χ1) is 13.8. The number of nitrogens with one attached hydrogen (secondary N) is 1. The Kier molecular flexibility index (Phi) is 6.34. The highest BCUT2D eigenvalue weighted by molar-refractivity contribution is 7.88. The van der Waals surface area contributed by atoms with Gasteiger partial charge in [0.15, 0.2) is 0 Å². The summed E-state index contributed by atoms with van der Waals surface area (Å²) in [4.78, 5) is 23.6. The third-order valence-electron chi connectivity index (χ3n) is 5.25. The lowest BCUT2D eigenvalue weighted by Crippen LogP contribution is -2.42. The number of benzene rings is 2. The van der Waals surface area contributed by atoms with Crippen molar-refractivity contribution in [1.29, 1.82) is 0 Å². The van der Waals surface area contributed by atoms with Crippen LogP contribution in [-0.4, -0.2) is 37.6 Å². The summed E-state index contributed by atoms with van der Waals surface area (Å²) in [7, 11) is -3.42. The molecule has 1 heterocycles. The van der Waals surface area contributed by atoms with Crippen molar-refractivity contribution in [3.63, 3.8) is 0 Å². The zero-order valence-corrected chi connectivity index (χ0v) is 17.1. The Morgan fingerprint density at radius 1 is 1.07 bits per heavy atom. The second-order valence-corrected chi connectivity index (χ2v) is 9.26. The maximum Gasteiger partial charge on any atom is 0.248 e. The smallest absolute Gasteiger partial charge is 0.248 e. The van der Waals surface area contributed by atoms with Crippen molar-refractivity contribution in [1.82, 2.24) is 4.31 Å². The van der Waals surface area contributed by atoms with Crippen LogP contribution in [0.15, 0.2) is 48.5 Å². The van der Waals surface area contributed by atoms with Crippen molar-refractivity contribution < 1.29 is 18.0 Å². The number of anilines is 1. The molecule has 7 nitrogen and oxygen atoms in total. The Morgan fingerprint density at radius 2 is 1.69 bits per heavy atom. The summed E-state index contributed by atoms with van der Waals surface area (Å²) in [6.07, 6.45) is 0.941. The fraction of sp³-hybridized carbons (Fsp3) is 0.333. The highest BCUT2D eigenvalue weighted by atomic mass is 32.2. The maximum atomic E-state index is 12.7. The summed E-state index contributed by atoms with van der Waals surface area (Å²) >= 11 is 0. The molecule has 3 N–H and O–H groups in total. The van der Waals surface area contributed by atoms with Crippen molar-refractivity contribution >= 4 is 27.5 Å². The van der Waals surface area contributed by atoms with E-state index in [4.69, 9.17) is 5.73 Å². The van der Waals surface area contributed by atoms with E-state index in [0.717, 1.165) is 11.1 Å². The highest BCUT2D eigenvalue weighted by Crippen LogP contribution is 2.24. The van der Waals surface area contributed by atoms with E-state index in [9.17, 15) is 18.0 Å². The molecule has 0 saturated carbocycles. The van der Waals surface area contributed by atoms with Gasteiger partial charge >= 0.3 is 0 Å². The summed E-state index contributed by atoms with van der Waals surface area (Å²) in [6, 6.07) is 13.8. The molecule has 0 aliphatic carbocycles. The number of primary amides is 1. The fourth-order valence-electron chi connectivity index (χ4n) is 3.42. The Balaban J connectivity index is 1.56. The fourth-order valence-corrected chi connectivity index (χ4v) is 5.08. The van der Waals surface area contributed by atoms with E-state index in [1.165, 1.54) is 4.31 Å². The molecule has 8 heteroatoms. The van der Waals surface area contributed by atoms with Crippen LogP contribution in [-0.2, 0) is 20.6 Å². The van der Waals surface area contributed by atoms with Gasteiger partial charge in [-0.3, -0.25) is 9.59 Å². The normalized spacial score (nSPS) is 15.8. The van der Waals surface area contributed by atoms with Gasteiger partial charge in [-0.05, 0) is 55.2 Å². The Morgan fingerprint density at radius 3 is 2.28 bits per heavy atom. The monoisotopic (exact) mass is 415 g/mol. The topological polar surface area (TPSA) is 110 Å². The first-order valence-electron chi connectivity index (χ1n) is 9.49. The van der Waals surface area contributed by atoms with Crippen LogP contribution in [0.5, 0.6) is 0 Å².